The third-order valence-electron chi connectivity index (χ3n) is 5.54. The maximum absolute atomic E-state index is 13.1. The third kappa shape index (κ3) is 5.14. The molecule has 0 aliphatic carbocycles. The summed E-state index contributed by atoms with van der Waals surface area (Å²) in [5.74, 6) is 0.738. The minimum Gasteiger partial charge on any atom is -0.490 e. The molecule has 2 heterocycles. The molecule has 2 aromatic rings. The van der Waals surface area contributed by atoms with Crippen molar-refractivity contribution >= 4 is 27.5 Å². The molecule has 0 saturated carbocycles. The lowest BCUT2D eigenvalue weighted by atomic mass is 9.97. The number of halogens is 1. The number of carbonyl (C=O) groups is 1. The summed E-state index contributed by atoms with van der Waals surface area (Å²) < 4.78 is 38.8. The molecule has 1 amide bonds. The number of sulfonamides is 1. The summed E-state index contributed by atoms with van der Waals surface area (Å²) in [5.41, 5.74) is 0.926. The van der Waals surface area contributed by atoms with E-state index >= 15 is 0 Å². The fourth-order valence-electron chi connectivity index (χ4n) is 3.79. The fourth-order valence-corrected chi connectivity index (χ4v) is 5.49. The van der Waals surface area contributed by atoms with Gasteiger partial charge in [0.2, 0.25) is 15.9 Å². The lowest BCUT2D eigenvalue weighted by Gasteiger charge is -2.30. The molecule has 0 spiro atoms. The molecule has 31 heavy (non-hydrogen) atoms. The topological polar surface area (TPSA) is 84.9 Å². The van der Waals surface area contributed by atoms with Crippen molar-refractivity contribution in [2.45, 2.75) is 30.7 Å². The number of fused-ring (bicyclic) bond motifs is 1. The Hall–Kier alpha value is -2.29. The van der Waals surface area contributed by atoms with E-state index in [9.17, 15) is 13.2 Å². The average molecular weight is 465 g/mol. The predicted molar refractivity (Wildman–Crippen MR) is 117 cm³/mol. The summed E-state index contributed by atoms with van der Waals surface area (Å²) in [6, 6.07) is 12.1. The Morgan fingerprint density at radius 1 is 1.06 bits per heavy atom. The Bertz CT molecular complexity index is 1050. The van der Waals surface area contributed by atoms with Gasteiger partial charge in [0.15, 0.2) is 11.5 Å². The van der Waals surface area contributed by atoms with Gasteiger partial charge in [-0.05, 0) is 42.7 Å². The monoisotopic (exact) mass is 464 g/mol. The summed E-state index contributed by atoms with van der Waals surface area (Å²) in [6.45, 7) is 2.03. The number of nitrogens with zero attached hydrogens (tertiary/aromatic N) is 1. The minimum absolute atomic E-state index is 0.0624. The highest BCUT2D eigenvalue weighted by atomic mass is 35.5. The zero-order valence-electron chi connectivity index (χ0n) is 17.1. The van der Waals surface area contributed by atoms with Crippen LogP contribution in [0.15, 0.2) is 47.4 Å². The summed E-state index contributed by atoms with van der Waals surface area (Å²) in [5, 5.41) is 3.55. The van der Waals surface area contributed by atoms with Crippen molar-refractivity contribution in [3.8, 4) is 11.5 Å². The molecule has 0 aromatic heterocycles. The number of benzene rings is 2. The Morgan fingerprint density at radius 2 is 1.81 bits per heavy atom. The van der Waals surface area contributed by atoms with Crippen molar-refractivity contribution in [1.82, 2.24) is 9.62 Å². The van der Waals surface area contributed by atoms with E-state index in [2.05, 4.69) is 5.32 Å². The highest BCUT2D eigenvalue weighted by molar-refractivity contribution is 7.89. The van der Waals surface area contributed by atoms with Gasteiger partial charge in [-0.2, -0.15) is 4.31 Å². The molecular formula is C22H25ClN2O5S. The highest BCUT2D eigenvalue weighted by Crippen LogP contribution is 2.33. The first-order valence-corrected chi connectivity index (χ1v) is 12.2. The lowest BCUT2D eigenvalue weighted by molar-refractivity contribution is -0.126. The van der Waals surface area contributed by atoms with Crippen LogP contribution in [0.1, 0.15) is 24.8 Å². The Morgan fingerprint density at radius 3 is 2.55 bits per heavy atom. The normalized spacial score (nSPS) is 17.7. The molecular weight excluding hydrogens is 440 g/mol. The number of amides is 1. The smallest absolute Gasteiger partial charge is 0.243 e. The van der Waals surface area contributed by atoms with Gasteiger partial charge in [-0.15, -0.1) is 0 Å². The van der Waals surface area contributed by atoms with E-state index in [0.29, 0.717) is 62.2 Å². The van der Waals surface area contributed by atoms with E-state index in [1.165, 1.54) is 10.4 Å². The minimum atomic E-state index is -3.67. The van der Waals surface area contributed by atoms with Gasteiger partial charge < -0.3 is 14.8 Å². The van der Waals surface area contributed by atoms with Crippen LogP contribution in [0.3, 0.4) is 0 Å². The molecule has 166 valence electrons. The predicted octanol–water partition coefficient (Wildman–Crippen LogP) is 3.22. The second-order valence-electron chi connectivity index (χ2n) is 7.69. The summed E-state index contributed by atoms with van der Waals surface area (Å²) in [4.78, 5) is 12.7. The largest absolute Gasteiger partial charge is 0.490 e. The molecule has 0 unspecified atom stereocenters. The van der Waals surface area contributed by atoms with Crippen molar-refractivity contribution in [2.75, 3.05) is 26.3 Å². The first kappa shape index (κ1) is 21.9. The van der Waals surface area contributed by atoms with Gasteiger partial charge >= 0.3 is 0 Å². The van der Waals surface area contributed by atoms with Gasteiger partial charge in [0, 0.05) is 43.1 Å². The molecule has 2 aromatic carbocycles. The molecule has 4 rings (SSSR count). The van der Waals surface area contributed by atoms with E-state index in [1.807, 2.05) is 18.2 Å². The van der Waals surface area contributed by atoms with Crippen LogP contribution in [0.4, 0.5) is 0 Å². The van der Waals surface area contributed by atoms with Gasteiger partial charge in [-0.25, -0.2) is 8.42 Å². The summed E-state index contributed by atoms with van der Waals surface area (Å²) >= 11 is 5.98. The second kappa shape index (κ2) is 9.46. The van der Waals surface area contributed by atoms with E-state index in [4.69, 9.17) is 21.1 Å². The third-order valence-corrected chi connectivity index (χ3v) is 7.67. The number of nitrogens with one attached hydrogen (secondary N) is 1. The van der Waals surface area contributed by atoms with Crippen LogP contribution in [-0.2, 0) is 21.4 Å². The van der Waals surface area contributed by atoms with Crippen LogP contribution >= 0.6 is 11.6 Å². The molecule has 1 fully saturated rings. The maximum atomic E-state index is 13.1. The highest BCUT2D eigenvalue weighted by Gasteiger charge is 2.32. The van der Waals surface area contributed by atoms with Gasteiger partial charge in [-0.3, -0.25) is 4.79 Å². The number of ether oxygens (including phenoxy) is 2. The fraction of sp³-hybridized carbons (Fsp3) is 0.409. The zero-order chi connectivity index (χ0) is 21.8. The molecule has 1 N–H and O–H groups in total. The zero-order valence-corrected chi connectivity index (χ0v) is 18.6. The van der Waals surface area contributed by atoms with Gasteiger partial charge in [0.25, 0.3) is 0 Å². The average Bonchev–Trinajstić information content (AvgIpc) is 3.02. The first-order valence-electron chi connectivity index (χ1n) is 10.4. The van der Waals surface area contributed by atoms with Crippen molar-refractivity contribution in [2.24, 2.45) is 5.92 Å². The van der Waals surface area contributed by atoms with Crippen LogP contribution in [-0.4, -0.2) is 44.9 Å². The van der Waals surface area contributed by atoms with Gasteiger partial charge in [0.1, 0.15) is 0 Å². The quantitative estimate of drug-likeness (QED) is 0.734. The van der Waals surface area contributed by atoms with Crippen LogP contribution in [0, 0.1) is 5.92 Å². The first-order chi connectivity index (χ1) is 14.9. The summed E-state index contributed by atoms with van der Waals surface area (Å²) in [7, 11) is -3.67. The molecule has 7 nitrogen and oxygen atoms in total. The molecule has 0 bridgehead atoms. The van der Waals surface area contributed by atoms with E-state index < -0.39 is 10.0 Å². The number of piperidine rings is 1. The Balaban J connectivity index is 1.35. The van der Waals surface area contributed by atoms with Crippen molar-refractivity contribution in [3.05, 3.63) is 53.1 Å². The van der Waals surface area contributed by atoms with Crippen LogP contribution in [0.2, 0.25) is 5.02 Å². The van der Waals surface area contributed by atoms with Gasteiger partial charge in [0.05, 0.1) is 18.1 Å². The number of hydrogen-bond donors (Lipinski definition) is 1. The van der Waals surface area contributed by atoms with Gasteiger partial charge in [-0.1, -0.05) is 23.7 Å². The molecule has 9 heteroatoms. The lowest BCUT2D eigenvalue weighted by Crippen LogP contribution is -2.42. The van der Waals surface area contributed by atoms with Crippen LogP contribution < -0.4 is 14.8 Å². The van der Waals surface area contributed by atoms with E-state index in [0.717, 1.165) is 12.0 Å². The van der Waals surface area contributed by atoms with Crippen molar-refractivity contribution < 1.29 is 22.7 Å². The molecule has 2 aliphatic rings. The summed E-state index contributed by atoms with van der Waals surface area (Å²) in [6.07, 6.45) is 1.71. The maximum Gasteiger partial charge on any atom is 0.243 e. The SMILES string of the molecule is O=C(NCc1cccc(Cl)c1)C1CCN(S(=O)(=O)c2ccc3c(c2)OCCCO3)CC1. The van der Waals surface area contributed by atoms with Crippen molar-refractivity contribution in [1.29, 1.82) is 0 Å². The van der Waals surface area contributed by atoms with Crippen molar-refractivity contribution in [3.63, 3.8) is 0 Å². The van der Waals surface area contributed by atoms with Crippen LogP contribution in [0.25, 0.3) is 0 Å². The Labute approximate surface area is 187 Å². The Kier molecular flexibility index (Phi) is 6.69. The molecule has 0 radical (unpaired) electrons. The molecule has 0 atom stereocenters. The number of hydrogen-bond acceptors (Lipinski definition) is 5. The standard InChI is InChI=1S/C22H25ClN2O5S/c23-18-4-1-3-16(13-18)15-24-22(26)17-7-9-25(10-8-17)31(27,28)19-5-6-20-21(14-19)30-12-2-11-29-20/h1,3-6,13-14,17H,2,7-12,15H2,(H,24,26). The molecule has 1 saturated heterocycles. The van der Waals surface area contributed by atoms with E-state index in [1.54, 1.807) is 18.2 Å². The number of carbonyl (C=O) groups excluding carboxylic acids is 1. The van der Waals surface area contributed by atoms with Crippen LogP contribution in [0.5, 0.6) is 11.5 Å². The number of rotatable bonds is 5. The van der Waals surface area contributed by atoms with E-state index in [-0.39, 0.29) is 16.7 Å². The molecule has 2 aliphatic heterocycles. The second-order valence-corrected chi connectivity index (χ2v) is 10.1.